The van der Waals surface area contributed by atoms with Crippen LogP contribution in [0.1, 0.15) is 33.2 Å². The molecule has 1 atom stereocenters. The lowest BCUT2D eigenvalue weighted by Gasteiger charge is -2.14. The first-order valence-corrected chi connectivity index (χ1v) is 14.2. The summed E-state index contributed by atoms with van der Waals surface area (Å²) in [5, 5.41) is 26.4. The number of amides is 3. The highest BCUT2D eigenvalue weighted by Gasteiger charge is 2.18. The van der Waals surface area contributed by atoms with E-state index in [4.69, 9.17) is 4.74 Å². The van der Waals surface area contributed by atoms with E-state index in [0.29, 0.717) is 22.6 Å². The van der Waals surface area contributed by atoms with E-state index in [1.165, 1.54) is 43.1 Å². The van der Waals surface area contributed by atoms with Gasteiger partial charge in [0.15, 0.2) is 0 Å². The van der Waals surface area contributed by atoms with Gasteiger partial charge in [-0.05, 0) is 73.7 Å². The Morgan fingerprint density at radius 2 is 1.50 bits per heavy atom. The van der Waals surface area contributed by atoms with Crippen LogP contribution in [-0.2, 0) is 9.59 Å². The normalized spacial score (nSPS) is 11.6. The summed E-state index contributed by atoms with van der Waals surface area (Å²) < 4.78 is 5.39. The number of carbonyl (C=O) groups is 4. The smallest absolute Gasteiger partial charge is 0.339 e. The van der Waals surface area contributed by atoms with Crippen LogP contribution in [0.3, 0.4) is 0 Å². The Morgan fingerprint density at radius 1 is 0.841 bits per heavy atom. The lowest BCUT2D eigenvalue weighted by Crippen LogP contribution is -2.30. The van der Waals surface area contributed by atoms with E-state index in [9.17, 15) is 29.4 Å². The molecule has 0 aliphatic rings. The number of aromatic carboxylic acids is 1. The molecule has 0 aliphatic heterocycles. The Labute approximate surface area is 257 Å². The molecular formula is C33H29N3O7S. The quantitative estimate of drug-likeness (QED) is 0.0831. The number of carboxylic acid groups (broad SMARTS) is 1. The van der Waals surface area contributed by atoms with E-state index in [1.807, 2.05) is 0 Å². The SMILES string of the molecule is COc1ccccc1/C=C(\NC(=O)c1ccccc1)C(=O)Nc1ccc(SC(C)C(=O)Nc2ccc(O)c(C(=O)O)c2)cc1. The van der Waals surface area contributed by atoms with Crippen molar-refractivity contribution in [3.63, 3.8) is 0 Å². The number of nitrogens with one attached hydrogen (secondary N) is 3. The second kappa shape index (κ2) is 14.6. The summed E-state index contributed by atoms with van der Waals surface area (Å²) in [6.07, 6.45) is 1.53. The molecule has 3 amide bonds. The van der Waals surface area contributed by atoms with Crippen molar-refractivity contribution in [2.45, 2.75) is 17.1 Å². The number of para-hydroxylation sites is 1. The molecular weight excluding hydrogens is 582 g/mol. The van der Waals surface area contributed by atoms with Gasteiger partial charge >= 0.3 is 5.97 Å². The molecule has 0 saturated heterocycles. The number of benzene rings is 4. The zero-order chi connectivity index (χ0) is 31.6. The van der Waals surface area contributed by atoms with Crippen molar-refractivity contribution < 1.29 is 34.1 Å². The van der Waals surface area contributed by atoms with Crippen molar-refractivity contribution in [3.8, 4) is 11.5 Å². The number of phenols is 1. The topological polar surface area (TPSA) is 154 Å². The average Bonchev–Trinajstić information content (AvgIpc) is 3.03. The highest BCUT2D eigenvalue weighted by molar-refractivity contribution is 8.00. The van der Waals surface area contributed by atoms with Crippen molar-refractivity contribution in [3.05, 3.63) is 119 Å². The number of thioether (sulfide) groups is 1. The minimum Gasteiger partial charge on any atom is -0.507 e. The van der Waals surface area contributed by atoms with Crippen molar-refractivity contribution in [1.82, 2.24) is 5.32 Å². The summed E-state index contributed by atoms with van der Waals surface area (Å²) in [6.45, 7) is 1.69. The van der Waals surface area contributed by atoms with Crippen LogP contribution in [0.2, 0.25) is 0 Å². The summed E-state index contributed by atoms with van der Waals surface area (Å²) in [5.41, 5.74) is 1.37. The number of hydrogen-bond acceptors (Lipinski definition) is 7. The van der Waals surface area contributed by atoms with Crippen molar-refractivity contribution in [2.24, 2.45) is 0 Å². The zero-order valence-electron chi connectivity index (χ0n) is 23.7. The maximum Gasteiger partial charge on any atom is 0.339 e. The molecule has 1 unspecified atom stereocenters. The Kier molecular flexibility index (Phi) is 10.4. The van der Waals surface area contributed by atoms with Crippen LogP contribution in [-0.4, -0.2) is 46.3 Å². The fourth-order valence-corrected chi connectivity index (χ4v) is 4.85. The first-order valence-electron chi connectivity index (χ1n) is 13.3. The van der Waals surface area contributed by atoms with Crippen LogP contribution in [0.15, 0.2) is 108 Å². The molecule has 0 heterocycles. The molecule has 44 heavy (non-hydrogen) atoms. The predicted octanol–water partition coefficient (Wildman–Crippen LogP) is 5.63. The van der Waals surface area contributed by atoms with E-state index in [2.05, 4.69) is 16.0 Å². The first kappa shape index (κ1) is 31.4. The van der Waals surface area contributed by atoms with Crippen LogP contribution in [0.5, 0.6) is 11.5 Å². The average molecular weight is 612 g/mol. The maximum atomic E-state index is 13.4. The minimum absolute atomic E-state index is 0.00684. The van der Waals surface area contributed by atoms with Crippen LogP contribution < -0.4 is 20.7 Å². The van der Waals surface area contributed by atoms with Gasteiger partial charge in [0.25, 0.3) is 11.8 Å². The third-order valence-electron chi connectivity index (χ3n) is 6.26. The highest BCUT2D eigenvalue weighted by atomic mass is 32.2. The zero-order valence-corrected chi connectivity index (χ0v) is 24.6. The van der Waals surface area contributed by atoms with Gasteiger partial charge in [-0.1, -0.05) is 36.4 Å². The van der Waals surface area contributed by atoms with Crippen molar-refractivity contribution in [2.75, 3.05) is 17.7 Å². The van der Waals surface area contributed by atoms with Gasteiger partial charge in [0, 0.05) is 27.4 Å². The Morgan fingerprint density at radius 3 is 2.18 bits per heavy atom. The molecule has 10 nitrogen and oxygen atoms in total. The molecule has 4 aromatic carbocycles. The van der Waals surface area contributed by atoms with E-state index < -0.39 is 28.8 Å². The summed E-state index contributed by atoms with van der Waals surface area (Å²) >= 11 is 1.26. The number of aromatic hydroxyl groups is 1. The molecule has 224 valence electrons. The second-order valence-corrected chi connectivity index (χ2v) is 10.8. The van der Waals surface area contributed by atoms with Gasteiger partial charge in [-0.2, -0.15) is 0 Å². The van der Waals surface area contributed by atoms with Gasteiger partial charge in [-0.25, -0.2) is 4.79 Å². The third-order valence-corrected chi connectivity index (χ3v) is 7.37. The largest absolute Gasteiger partial charge is 0.507 e. The minimum atomic E-state index is -1.31. The number of carbonyl (C=O) groups excluding carboxylic acids is 3. The Balaban J connectivity index is 1.44. The molecule has 5 N–H and O–H groups in total. The maximum absolute atomic E-state index is 13.4. The summed E-state index contributed by atoms with van der Waals surface area (Å²) in [6, 6.07) is 26.2. The monoisotopic (exact) mass is 611 g/mol. The third kappa shape index (κ3) is 8.26. The number of methoxy groups -OCH3 is 1. The van der Waals surface area contributed by atoms with Gasteiger partial charge in [0.05, 0.1) is 12.4 Å². The van der Waals surface area contributed by atoms with Crippen LogP contribution in [0, 0.1) is 0 Å². The van der Waals surface area contributed by atoms with Gasteiger partial charge in [-0.15, -0.1) is 11.8 Å². The van der Waals surface area contributed by atoms with Gasteiger partial charge < -0.3 is 30.9 Å². The molecule has 0 aliphatic carbocycles. The molecule has 0 spiro atoms. The Bertz CT molecular complexity index is 1710. The van der Waals surface area contributed by atoms with Crippen LogP contribution in [0.4, 0.5) is 11.4 Å². The lowest BCUT2D eigenvalue weighted by molar-refractivity contribution is -0.115. The summed E-state index contributed by atoms with van der Waals surface area (Å²) in [7, 11) is 1.52. The molecule has 0 aromatic heterocycles. The molecule has 4 rings (SSSR count). The van der Waals surface area contributed by atoms with Crippen molar-refractivity contribution >= 4 is 52.9 Å². The van der Waals surface area contributed by atoms with Gasteiger partial charge in [0.1, 0.15) is 22.8 Å². The van der Waals surface area contributed by atoms with Gasteiger partial charge in [0.2, 0.25) is 5.91 Å². The summed E-state index contributed by atoms with van der Waals surface area (Å²) in [4.78, 5) is 51.0. The van der Waals surface area contributed by atoms with E-state index in [-0.39, 0.29) is 22.9 Å². The first-order chi connectivity index (χ1) is 21.1. The van der Waals surface area contributed by atoms with Crippen LogP contribution in [0.25, 0.3) is 6.08 Å². The molecule has 0 saturated carbocycles. The fourth-order valence-electron chi connectivity index (χ4n) is 3.99. The number of carboxylic acids is 1. The standard InChI is InChI=1S/C33H29N3O7S/c1-20(30(38)35-24-14-17-28(37)26(19-24)33(41)42)44-25-15-12-23(13-16-25)34-32(40)27(18-22-10-6-7-11-29(22)43-2)36-31(39)21-8-4-3-5-9-21/h3-20,37H,1-2H3,(H,34,40)(H,35,38)(H,36,39)(H,41,42)/b27-18-. The van der Waals surface area contributed by atoms with Crippen LogP contribution >= 0.6 is 11.8 Å². The number of ether oxygens (including phenoxy) is 1. The van der Waals surface area contributed by atoms with E-state index in [0.717, 1.165) is 4.90 Å². The molecule has 11 heteroatoms. The highest BCUT2D eigenvalue weighted by Crippen LogP contribution is 2.27. The number of hydrogen-bond donors (Lipinski definition) is 5. The van der Waals surface area contributed by atoms with Crippen molar-refractivity contribution in [1.29, 1.82) is 0 Å². The second-order valence-electron chi connectivity index (χ2n) is 9.39. The fraction of sp³-hybridized carbons (Fsp3) is 0.0909. The van der Waals surface area contributed by atoms with Gasteiger partial charge in [-0.3, -0.25) is 14.4 Å². The number of rotatable bonds is 11. The number of anilines is 2. The molecule has 0 radical (unpaired) electrons. The Hall–Kier alpha value is -5.55. The van der Waals surface area contributed by atoms with E-state index in [1.54, 1.807) is 85.8 Å². The summed E-state index contributed by atoms with van der Waals surface area (Å²) in [5.74, 6) is -2.55. The molecule has 4 aromatic rings. The predicted molar refractivity (Wildman–Crippen MR) is 169 cm³/mol. The van der Waals surface area contributed by atoms with E-state index >= 15 is 0 Å². The molecule has 0 bridgehead atoms. The lowest BCUT2D eigenvalue weighted by atomic mass is 10.1. The molecule has 0 fully saturated rings.